The van der Waals surface area contributed by atoms with Gasteiger partial charge in [-0.3, -0.25) is 14.5 Å². The summed E-state index contributed by atoms with van der Waals surface area (Å²) in [6.45, 7) is 4.96. The number of ether oxygens (including phenoxy) is 1. The molecule has 1 aliphatic carbocycles. The van der Waals surface area contributed by atoms with Crippen molar-refractivity contribution in [3.8, 4) is 0 Å². The zero-order chi connectivity index (χ0) is 22.3. The Morgan fingerprint density at radius 3 is 2.53 bits per heavy atom. The van der Waals surface area contributed by atoms with Crippen molar-refractivity contribution in [3.05, 3.63) is 35.6 Å². The number of amides is 2. The van der Waals surface area contributed by atoms with Crippen LogP contribution in [0.5, 0.6) is 0 Å². The molecule has 176 valence electrons. The van der Waals surface area contributed by atoms with Gasteiger partial charge in [0.1, 0.15) is 11.9 Å². The molecule has 8 heteroatoms. The van der Waals surface area contributed by atoms with E-state index in [1.807, 2.05) is 0 Å². The molecule has 6 nitrogen and oxygen atoms in total. The number of thioether (sulfide) groups is 1. The molecule has 2 saturated heterocycles. The molecule has 4 rings (SSSR count). The Kier molecular flexibility index (Phi) is 8.43. The van der Waals surface area contributed by atoms with Crippen LogP contribution < -0.4 is 5.32 Å². The molecular formula is C24H34FN3O3S. The number of hydrogen-bond donors (Lipinski definition) is 1. The van der Waals surface area contributed by atoms with Crippen LogP contribution in [0.1, 0.15) is 48.9 Å². The van der Waals surface area contributed by atoms with Gasteiger partial charge in [0.2, 0.25) is 5.91 Å². The van der Waals surface area contributed by atoms with Gasteiger partial charge in [-0.2, -0.15) is 0 Å². The van der Waals surface area contributed by atoms with Gasteiger partial charge in [-0.25, -0.2) is 4.39 Å². The lowest BCUT2D eigenvalue weighted by Gasteiger charge is -2.35. The Balaban J connectivity index is 1.39. The van der Waals surface area contributed by atoms with E-state index < -0.39 is 6.04 Å². The number of nitrogens with zero attached hydrogens (tertiary/aromatic N) is 2. The highest BCUT2D eigenvalue weighted by Crippen LogP contribution is 2.41. The van der Waals surface area contributed by atoms with Crippen LogP contribution in [0.25, 0.3) is 0 Å². The fourth-order valence-electron chi connectivity index (χ4n) is 4.97. The third-order valence-electron chi connectivity index (χ3n) is 6.77. The highest BCUT2D eigenvalue weighted by atomic mass is 32.2. The summed E-state index contributed by atoms with van der Waals surface area (Å²) in [5, 5.41) is 3.08. The van der Waals surface area contributed by atoms with Crippen LogP contribution in [0.2, 0.25) is 0 Å². The van der Waals surface area contributed by atoms with E-state index in [9.17, 15) is 14.0 Å². The zero-order valence-corrected chi connectivity index (χ0v) is 19.5. The Labute approximate surface area is 194 Å². The van der Waals surface area contributed by atoms with Crippen molar-refractivity contribution in [3.63, 3.8) is 0 Å². The van der Waals surface area contributed by atoms with Gasteiger partial charge in [0.05, 0.1) is 18.6 Å². The monoisotopic (exact) mass is 463 g/mol. The Bertz CT molecular complexity index is 766. The minimum absolute atomic E-state index is 0.0111. The molecular weight excluding hydrogens is 429 g/mol. The minimum atomic E-state index is -0.479. The molecule has 1 aromatic rings. The smallest absolute Gasteiger partial charge is 0.255 e. The number of rotatable bonds is 7. The number of nitrogens with one attached hydrogen (secondary N) is 1. The van der Waals surface area contributed by atoms with Crippen LogP contribution in [0.15, 0.2) is 24.3 Å². The first-order chi connectivity index (χ1) is 15.6. The maximum absolute atomic E-state index is 13.5. The molecule has 2 atom stereocenters. The Hall–Kier alpha value is -1.64. The number of hydrogen-bond acceptors (Lipinski definition) is 5. The van der Waals surface area contributed by atoms with Gasteiger partial charge in [-0.1, -0.05) is 19.3 Å². The molecule has 3 aliphatic rings. The predicted octanol–water partition coefficient (Wildman–Crippen LogP) is 3.13. The second-order valence-corrected chi connectivity index (χ2v) is 10.1. The largest absolute Gasteiger partial charge is 0.379 e. The normalized spacial score (nSPS) is 25.1. The number of carbonyl (C=O) groups excluding carboxylic acids is 2. The van der Waals surface area contributed by atoms with Crippen LogP contribution in [0.3, 0.4) is 0 Å². The molecule has 32 heavy (non-hydrogen) atoms. The number of benzene rings is 1. The van der Waals surface area contributed by atoms with E-state index in [2.05, 4.69) is 10.2 Å². The lowest BCUT2D eigenvalue weighted by atomic mass is 9.88. The van der Waals surface area contributed by atoms with Crippen molar-refractivity contribution in [2.45, 2.75) is 49.9 Å². The maximum Gasteiger partial charge on any atom is 0.255 e. The summed E-state index contributed by atoms with van der Waals surface area (Å²) < 4.78 is 18.8. The van der Waals surface area contributed by atoms with E-state index in [4.69, 9.17) is 4.74 Å². The van der Waals surface area contributed by atoms with Gasteiger partial charge in [-0.05, 0) is 56.0 Å². The van der Waals surface area contributed by atoms with E-state index in [1.54, 1.807) is 16.7 Å². The highest BCUT2D eigenvalue weighted by molar-refractivity contribution is 8.00. The van der Waals surface area contributed by atoms with E-state index in [-0.39, 0.29) is 23.0 Å². The third kappa shape index (κ3) is 5.83. The van der Waals surface area contributed by atoms with E-state index in [0.717, 1.165) is 52.1 Å². The third-order valence-corrected chi connectivity index (χ3v) is 8.23. The number of carbonyl (C=O) groups is 2. The van der Waals surface area contributed by atoms with Gasteiger partial charge < -0.3 is 15.0 Å². The molecule has 0 aromatic heterocycles. The molecule has 2 amide bonds. The molecule has 2 unspecified atom stereocenters. The average molecular weight is 464 g/mol. The first kappa shape index (κ1) is 23.5. The van der Waals surface area contributed by atoms with Gasteiger partial charge in [0.25, 0.3) is 5.91 Å². The standard InChI is InChI=1S/C24H34FN3O3S/c25-20-9-7-18(8-10-20)23(30)28-21(17-32-24(28)19-5-2-1-3-6-19)22(29)26-11-4-12-27-13-15-31-16-14-27/h7-10,19,21,24H,1-6,11-17H2,(H,26,29). The predicted molar refractivity (Wildman–Crippen MR) is 124 cm³/mol. The lowest BCUT2D eigenvalue weighted by Crippen LogP contribution is -2.51. The fraction of sp³-hybridized carbons (Fsp3) is 0.667. The molecule has 0 radical (unpaired) electrons. The summed E-state index contributed by atoms with van der Waals surface area (Å²) in [4.78, 5) is 30.7. The molecule has 2 heterocycles. The molecule has 1 N–H and O–H groups in total. The first-order valence-electron chi connectivity index (χ1n) is 11.9. The Morgan fingerprint density at radius 2 is 1.81 bits per heavy atom. The van der Waals surface area contributed by atoms with Crippen LogP contribution in [0, 0.1) is 11.7 Å². The zero-order valence-electron chi connectivity index (χ0n) is 18.6. The van der Waals surface area contributed by atoms with Gasteiger partial charge in [0, 0.05) is 31.0 Å². The minimum Gasteiger partial charge on any atom is -0.379 e. The average Bonchev–Trinajstić information content (AvgIpc) is 3.28. The highest BCUT2D eigenvalue weighted by Gasteiger charge is 2.45. The Morgan fingerprint density at radius 1 is 1.09 bits per heavy atom. The summed E-state index contributed by atoms with van der Waals surface area (Å²) in [6, 6.07) is 5.19. The van der Waals surface area contributed by atoms with Crippen LogP contribution in [-0.2, 0) is 9.53 Å². The van der Waals surface area contributed by atoms with Crippen molar-refractivity contribution in [2.75, 3.05) is 45.1 Å². The molecule has 1 saturated carbocycles. The van der Waals surface area contributed by atoms with Crippen molar-refractivity contribution in [1.29, 1.82) is 0 Å². The van der Waals surface area contributed by atoms with Crippen molar-refractivity contribution >= 4 is 23.6 Å². The lowest BCUT2D eigenvalue weighted by molar-refractivity contribution is -0.125. The van der Waals surface area contributed by atoms with Crippen molar-refractivity contribution in [2.24, 2.45) is 5.92 Å². The summed E-state index contributed by atoms with van der Waals surface area (Å²) in [7, 11) is 0. The second-order valence-electron chi connectivity index (χ2n) is 8.96. The summed E-state index contributed by atoms with van der Waals surface area (Å²) in [5.41, 5.74) is 0.444. The number of morpholine rings is 1. The fourth-order valence-corrected chi connectivity index (χ4v) is 6.61. The molecule has 2 aliphatic heterocycles. The van der Waals surface area contributed by atoms with Gasteiger partial charge in [0.15, 0.2) is 0 Å². The molecule has 3 fully saturated rings. The van der Waals surface area contributed by atoms with E-state index in [0.29, 0.717) is 23.8 Å². The summed E-state index contributed by atoms with van der Waals surface area (Å²) >= 11 is 1.73. The molecule has 1 aromatic carbocycles. The van der Waals surface area contributed by atoms with Crippen molar-refractivity contribution < 1.29 is 18.7 Å². The number of halogens is 1. The summed E-state index contributed by atoms with van der Waals surface area (Å²) in [5.74, 6) is 0.420. The van der Waals surface area contributed by atoms with Gasteiger partial charge >= 0.3 is 0 Å². The van der Waals surface area contributed by atoms with Crippen molar-refractivity contribution in [1.82, 2.24) is 15.1 Å². The van der Waals surface area contributed by atoms with Crippen LogP contribution in [0.4, 0.5) is 4.39 Å². The maximum atomic E-state index is 13.5. The summed E-state index contributed by atoms with van der Waals surface area (Å²) in [6.07, 6.45) is 6.67. The quantitative estimate of drug-likeness (QED) is 0.630. The van der Waals surface area contributed by atoms with E-state index in [1.165, 1.54) is 43.5 Å². The van der Waals surface area contributed by atoms with Gasteiger partial charge in [-0.15, -0.1) is 11.8 Å². The van der Waals surface area contributed by atoms with E-state index >= 15 is 0 Å². The topological polar surface area (TPSA) is 61.9 Å². The molecule has 0 bridgehead atoms. The SMILES string of the molecule is O=C(NCCCN1CCOCC1)C1CSC(C2CCCCC2)N1C(=O)c1ccc(F)cc1. The molecule has 0 spiro atoms. The second kappa shape index (κ2) is 11.5. The van der Waals surface area contributed by atoms with Crippen LogP contribution in [-0.4, -0.2) is 78.2 Å². The first-order valence-corrected chi connectivity index (χ1v) is 13.0. The van der Waals surface area contributed by atoms with Crippen LogP contribution >= 0.6 is 11.8 Å².